The van der Waals surface area contributed by atoms with Gasteiger partial charge in [0, 0.05) is 24.1 Å². The largest absolute Gasteiger partial charge is 0.389 e. The Hall–Kier alpha value is -0.510. The average molecular weight is 291 g/mol. The van der Waals surface area contributed by atoms with Gasteiger partial charge in [0.15, 0.2) is 0 Å². The lowest BCUT2D eigenvalue weighted by Gasteiger charge is -2.37. The Morgan fingerprint density at radius 2 is 2.25 bits per heavy atom. The molecule has 1 saturated carbocycles. The van der Waals surface area contributed by atoms with Crippen molar-refractivity contribution in [3.05, 3.63) is 35.4 Å². The van der Waals surface area contributed by atoms with Gasteiger partial charge in [-0.3, -0.25) is 0 Å². The van der Waals surface area contributed by atoms with Gasteiger partial charge in [0.1, 0.15) is 0 Å². The number of fused-ring (bicyclic) bond motifs is 1. The minimum absolute atomic E-state index is 0.395. The van der Waals surface area contributed by atoms with E-state index in [0.717, 1.165) is 37.3 Å². The molecule has 2 aliphatic rings. The third kappa shape index (κ3) is 3.21. The fourth-order valence-electron chi connectivity index (χ4n) is 3.66. The van der Waals surface area contributed by atoms with E-state index in [1.165, 1.54) is 17.5 Å². The first-order valence-corrected chi connectivity index (χ1v) is 8.93. The Morgan fingerprint density at radius 1 is 1.40 bits per heavy atom. The minimum Gasteiger partial charge on any atom is -0.389 e. The molecular formula is C17H25NOS. The summed E-state index contributed by atoms with van der Waals surface area (Å²) in [4.78, 5) is 0. The smallest absolute Gasteiger partial charge is 0.0774 e. The lowest BCUT2D eigenvalue weighted by molar-refractivity contribution is -0.0133. The van der Waals surface area contributed by atoms with Crippen molar-refractivity contribution in [3.63, 3.8) is 0 Å². The van der Waals surface area contributed by atoms with Crippen molar-refractivity contribution in [2.24, 2.45) is 5.92 Å². The molecule has 3 heteroatoms. The van der Waals surface area contributed by atoms with Crippen molar-refractivity contribution in [1.82, 2.24) is 5.32 Å². The Labute approximate surface area is 126 Å². The number of nitrogens with one attached hydrogen (secondary N) is 1. The normalized spacial score (nSPS) is 33.7. The highest BCUT2D eigenvalue weighted by Crippen LogP contribution is 2.34. The summed E-state index contributed by atoms with van der Waals surface area (Å²) >= 11 is 1.99. The van der Waals surface area contributed by atoms with E-state index >= 15 is 0 Å². The molecule has 20 heavy (non-hydrogen) atoms. The maximum Gasteiger partial charge on any atom is 0.0774 e. The fraction of sp³-hybridized carbons (Fsp3) is 0.647. The second-order valence-corrected chi connectivity index (χ2v) is 7.60. The van der Waals surface area contributed by atoms with Crippen molar-refractivity contribution in [2.45, 2.75) is 50.0 Å². The number of rotatable bonds is 3. The second kappa shape index (κ2) is 6.08. The van der Waals surface area contributed by atoms with Crippen LogP contribution >= 0.6 is 11.8 Å². The van der Waals surface area contributed by atoms with Crippen LogP contribution in [0.5, 0.6) is 0 Å². The number of hydrogen-bond donors (Lipinski definition) is 2. The maximum atomic E-state index is 10.8. The van der Waals surface area contributed by atoms with Crippen molar-refractivity contribution >= 4 is 11.8 Å². The predicted molar refractivity (Wildman–Crippen MR) is 85.9 cm³/mol. The van der Waals surface area contributed by atoms with Crippen LogP contribution in [0.25, 0.3) is 0 Å². The number of hydrogen-bond acceptors (Lipinski definition) is 3. The third-order valence-corrected chi connectivity index (χ3v) is 5.80. The zero-order chi connectivity index (χ0) is 14.0. The van der Waals surface area contributed by atoms with Gasteiger partial charge < -0.3 is 10.4 Å². The first-order valence-electron chi connectivity index (χ1n) is 7.78. The molecule has 3 unspecified atom stereocenters. The average Bonchev–Trinajstić information content (AvgIpc) is 2.45. The fourth-order valence-corrected chi connectivity index (χ4v) is 4.79. The minimum atomic E-state index is -0.491. The molecule has 2 N–H and O–H groups in total. The second-order valence-electron chi connectivity index (χ2n) is 6.57. The molecule has 0 spiro atoms. The van der Waals surface area contributed by atoms with Crippen LogP contribution in [0, 0.1) is 5.92 Å². The lowest BCUT2D eigenvalue weighted by Crippen LogP contribution is -2.45. The summed E-state index contributed by atoms with van der Waals surface area (Å²) in [5.41, 5.74) is 2.39. The van der Waals surface area contributed by atoms with E-state index in [1.54, 1.807) is 0 Å². The summed E-state index contributed by atoms with van der Waals surface area (Å²) in [6, 6.07) is 9.11. The topological polar surface area (TPSA) is 32.3 Å². The van der Waals surface area contributed by atoms with E-state index < -0.39 is 5.60 Å². The summed E-state index contributed by atoms with van der Waals surface area (Å²) in [6.45, 7) is 2.99. The molecule has 1 fully saturated rings. The van der Waals surface area contributed by atoms with Crippen LogP contribution in [-0.4, -0.2) is 23.0 Å². The van der Waals surface area contributed by atoms with Gasteiger partial charge in [-0.1, -0.05) is 44.0 Å². The molecule has 0 aromatic heterocycles. The zero-order valence-electron chi connectivity index (χ0n) is 12.3. The van der Waals surface area contributed by atoms with Crippen LogP contribution in [0.4, 0.5) is 0 Å². The van der Waals surface area contributed by atoms with Crippen molar-refractivity contribution < 1.29 is 5.11 Å². The molecule has 3 rings (SSSR count). The van der Waals surface area contributed by atoms with E-state index in [2.05, 4.69) is 36.5 Å². The molecule has 0 amide bonds. The summed E-state index contributed by atoms with van der Waals surface area (Å²) < 4.78 is 0. The zero-order valence-corrected chi connectivity index (χ0v) is 13.1. The molecule has 2 nitrogen and oxygen atoms in total. The van der Waals surface area contributed by atoms with E-state index in [-0.39, 0.29) is 0 Å². The van der Waals surface area contributed by atoms with Gasteiger partial charge in [-0.25, -0.2) is 0 Å². The van der Waals surface area contributed by atoms with Crippen LogP contribution < -0.4 is 5.32 Å². The van der Waals surface area contributed by atoms with Crippen LogP contribution in [0.3, 0.4) is 0 Å². The lowest BCUT2D eigenvalue weighted by atomic mass is 9.79. The molecule has 3 atom stereocenters. The number of benzene rings is 1. The van der Waals surface area contributed by atoms with Crippen molar-refractivity contribution in [1.29, 1.82) is 0 Å². The Balaban J connectivity index is 1.64. The molecule has 110 valence electrons. The summed E-state index contributed by atoms with van der Waals surface area (Å²) in [5, 5.41) is 14.4. The molecule has 1 aliphatic carbocycles. The van der Waals surface area contributed by atoms with Gasteiger partial charge in [-0.15, -0.1) is 0 Å². The first kappa shape index (κ1) is 14.4. The first-order chi connectivity index (χ1) is 9.66. The molecule has 1 aliphatic heterocycles. The van der Waals surface area contributed by atoms with Crippen LogP contribution in [-0.2, 0) is 5.75 Å². The van der Waals surface area contributed by atoms with Crippen LogP contribution in [0.2, 0.25) is 0 Å². The highest BCUT2D eigenvalue weighted by molar-refractivity contribution is 7.98. The van der Waals surface area contributed by atoms with Crippen molar-refractivity contribution in [3.8, 4) is 0 Å². The monoisotopic (exact) mass is 291 g/mol. The molecular weight excluding hydrogens is 266 g/mol. The highest BCUT2D eigenvalue weighted by Gasteiger charge is 2.33. The molecule has 0 bridgehead atoms. The molecule has 1 heterocycles. The van der Waals surface area contributed by atoms with Gasteiger partial charge in [0.2, 0.25) is 0 Å². The quantitative estimate of drug-likeness (QED) is 0.894. The Kier molecular flexibility index (Phi) is 4.39. The number of thioether (sulfide) groups is 1. The standard InChI is InChI=1S/C17H25NOS/c1-13-5-4-8-17(19,9-13)12-18-16-11-20-10-14-6-2-3-7-15(14)16/h2-3,6-7,13,16,18-19H,4-5,8-12H2,1H3. The van der Waals surface area contributed by atoms with Gasteiger partial charge in [-0.05, 0) is 29.9 Å². The molecule has 0 saturated heterocycles. The summed E-state index contributed by atoms with van der Waals surface area (Å²) in [5.74, 6) is 2.89. The van der Waals surface area contributed by atoms with Crippen LogP contribution in [0.15, 0.2) is 24.3 Å². The third-order valence-electron chi connectivity index (χ3n) is 4.72. The van der Waals surface area contributed by atoms with Crippen molar-refractivity contribution in [2.75, 3.05) is 12.3 Å². The van der Waals surface area contributed by atoms with E-state index in [1.807, 2.05) is 11.8 Å². The van der Waals surface area contributed by atoms with Crippen LogP contribution in [0.1, 0.15) is 49.8 Å². The molecule has 1 aromatic rings. The summed E-state index contributed by atoms with van der Waals surface area (Å²) in [6.07, 6.45) is 4.33. The van der Waals surface area contributed by atoms with Gasteiger partial charge in [0.05, 0.1) is 5.60 Å². The predicted octanol–water partition coefficient (Wildman–Crippen LogP) is 3.51. The Bertz CT molecular complexity index is 464. The van der Waals surface area contributed by atoms with E-state index in [0.29, 0.717) is 12.0 Å². The summed E-state index contributed by atoms with van der Waals surface area (Å²) in [7, 11) is 0. The van der Waals surface area contributed by atoms with Gasteiger partial charge in [-0.2, -0.15) is 11.8 Å². The van der Waals surface area contributed by atoms with Gasteiger partial charge in [0.25, 0.3) is 0 Å². The number of aliphatic hydroxyl groups is 1. The van der Waals surface area contributed by atoms with Gasteiger partial charge >= 0.3 is 0 Å². The van der Waals surface area contributed by atoms with E-state index in [4.69, 9.17) is 0 Å². The van der Waals surface area contributed by atoms with E-state index in [9.17, 15) is 5.11 Å². The molecule has 0 radical (unpaired) electrons. The molecule has 1 aromatic carbocycles. The maximum absolute atomic E-state index is 10.8. The SMILES string of the molecule is CC1CCCC(O)(CNC2CSCc3ccccc32)C1. The highest BCUT2D eigenvalue weighted by atomic mass is 32.2. The Morgan fingerprint density at radius 3 is 3.10 bits per heavy atom.